The van der Waals surface area contributed by atoms with Crippen LogP contribution in [-0.2, 0) is 27.5 Å². The van der Waals surface area contributed by atoms with Crippen LogP contribution < -0.4 is 0 Å². The Morgan fingerprint density at radius 3 is 2.15 bits per heavy atom. The summed E-state index contributed by atoms with van der Waals surface area (Å²) in [4.78, 5) is 10.7. The second-order valence-electron chi connectivity index (χ2n) is 6.93. The molecule has 0 bridgehead atoms. The molecule has 0 aliphatic carbocycles. The molecule has 27 heavy (non-hydrogen) atoms. The highest BCUT2D eigenvalue weighted by Gasteiger charge is 2.20. The van der Waals surface area contributed by atoms with E-state index in [9.17, 15) is 9.90 Å². The first-order chi connectivity index (χ1) is 13.2. The molecule has 1 N–H and O–H groups in total. The van der Waals surface area contributed by atoms with Crippen molar-refractivity contribution < 1.29 is 19.4 Å². The lowest BCUT2D eigenvalue weighted by Crippen LogP contribution is -2.27. The van der Waals surface area contributed by atoms with Gasteiger partial charge >= 0.3 is 0 Å². The highest BCUT2D eigenvalue weighted by Crippen LogP contribution is 2.18. The maximum absolute atomic E-state index is 10.7. The number of ether oxygens (including phenoxy) is 2. The van der Waals surface area contributed by atoms with E-state index in [1.165, 1.54) is 0 Å². The number of aldehydes is 1. The molecule has 0 amide bonds. The minimum Gasteiger partial charge on any atom is -0.393 e. The van der Waals surface area contributed by atoms with E-state index >= 15 is 0 Å². The largest absolute Gasteiger partial charge is 0.393 e. The molecular formula is C23H30O4. The fraction of sp³-hybridized carbons (Fsp3) is 0.435. The summed E-state index contributed by atoms with van der Waals surface area (Å²) in [6.07, 6.45) is 1.73. The summed E-state index contributed by atoms with van der Waals surface area (Å²) < 4.78 is 11.8. The molecule has 0 fully saturated rings. The van der Waals surface area contributed by atoms with Gasteiger partial charge in [0.15, 0.2) is 0 Å². The van der Waals surface area contributed by atoms with Crippen LogP contribution in [0.5, 0.6) is 0 Å². The lowest BCUT2D eigenvalue weighted by molar-refractivity contribution is -0.109. The highest BCUT2D eigenvalue weighted by atomic mass is 16.5. The van der Waals surface area contributed by atoms with Gasteiger partial charge in [-0.2, -0.15) is 0 Å². The lowest BCUT2D eigenvalue weighted by Gasteiger charge is -2.24. The zero-order valence-electron chi connectivity index (χ0n) is 16.0. The summed E-state index contributed by atoms with van der Waals surface area (Å²) in [5.74, 6) is -0.0736. The van der Waals surface area contributed by atoms with Gasteiger partial charge in [0, 0.05) is 13.0 Å². The van der Waals surface area contributed by atoms with Gasteiger partial charge in [-0.25, -0.2) is 0 Å². The van der Waals surface area contributed by atoms with Crippen molar-refractivity contribution in [3.8, 4) is 0 Å². The van der Waals surface area contributed by atoms with Gasteiger partial charge in [-0.3, -0.25) is 0 Å². The number of hydrogen-bond donors (Lipinski definition) is 1. The van der Waals surface area contributed by atoms with Crippen LogP contribution in [0, 0.1) is 5.92 Å². The standard InChI is InChI=1S/C23H30O4/c1-19(12-14-24)23(25)16-22(27-18-21-10-6-3-7-11-21)13-15-26-17-20-8-4-2-5-9-20/h2-11,14,19,22-23,25H,12-13,15-18H2,1H3/t19-,22+,23+/m0/s1. The van der Waals surface area contributed by atoms with E-state index in [-0.39, 0.29) is 12.0 Å². The van der Waals surface area contributed by atoms with Crippen molar-refractivity contribution in [3.63, 3.8) is 0 Å². The molecule has 2 aromatic rings. The van der Waals surface area contributed by atoms with E-state index in [0.717, 1.165) is 17.4 Å². The molecular weight excluding hydrogens is 340 g/mol. The maximum atomic E-state index is 10.7. The zero-order chi connectivity index (χ0) is 19.3. The van der Waals surface area contributed by atoms with Crippen LogP contribution in [0.15, 0.2) is 60.7 Å². The molecule has 0 aliphatic heterocycles. The highest BCUT2D eigenvalue weighted by molar-refractivity contribution is 5.49. The van der Waals surface area contributed by atoms with E-state index in [1.807, 2.05) is 67.6 Å². The van der Waals surface area contributed by atoms with E-state index in [0.29, 0.717) is 39.1 Å². The molecule has 2 rings (SSSR count). The fourth-order valence-corrected chi connectivity index (χ4v) is 2.85. The van der Waals surface area contributed by atoms with Crippen LogP contribution in [0.2, 0.25) is 0 Å². The molecule has 0 aliphatic rings. The third-order valence-electron chi connectivity index (χ3n) is 4.65. The quantitative estimate of drug-likeness (QED) is 0.425. The van der Waals surface area contributed by atoms with Gasteiger partial charge in [-0.15, -0.1) is 0 Å². The van der Waals surface area contributed by atoms with Crippen LogP contribution >= 0.6 is 0 Å². The Hall–Kier alpha value is -2.01. The third-order valence-corrected chi connectivity index (χ3v) is 4.65. The predicted octanol–water partition coefficient (Wildman–Crippen LogP) is 4.15. The van der Waals surface area contributed by atoms with E-state index in [1.54, 1.807) is 0 Å². The number of aliphatic hydroxyl groups excluding tert-OH is 1. The molecule has 0 spiro atoms. The Labute approximate surface area is 162 Å². The van der Waals surface area contributed by atoms with Gasteiger partial charge in [-0.1, -0.05) is 67.6 Å². The summed E-state index contributed by atoms with van der Waals surface area (Å²) in [6, 6.07) is 20.0. The summed E-state index contributed by atoms with van der Waals surface area (Å²) >= 11 is 0. The van der Waals surface area contributed by atoms with Gasteiger partial charge in [0.1, 0.15) is 6.29 Å². The molecule has 3 atom stereocenters. The van der Waals surface area contributed by atoms with Crippen molar-refractivity contribution in [3.05, 3.63) is 71.8 Å². The SMILES string of the molecule is C[C@@H](CC=O)[C@H](O)C[C@@H](CCOCc1ccccc1)OCc1ccccc1. The van der Waals surface area contributed by atoms with Gasteiger partial charge in [-0.05, 0) is 29.9 Å². The van der Waals surface area contributed by atoms with Gasteiger partial charge in [0.05, 0.1) is 25.4 Å². The predicted molar refractivity (Wildman–Crippen MR) is 106 cm³/mol. The average Bonchev–Trinajstić information content (AvgIpc) is 2.70. The molecule has 146 valence electrons. The van der Waals surface area contributed by atoms with Crippen molar-refractivity contribution in [2.45, 2.75) is 51.6 Å². The first-order valence-corrected chi connectivity index (χ1v) is 9.58. The van der Waals surface area contributed by atoms with Gasteiger partial charge in [0.2, 0.25) is 0 Å². The fourth-order valence-electron chi connectivity index (χ4n) is 2.85. The average molecular weight is 370 g/mol. The Bertz CT molecular complexity index is 629. The second-order valence-corrected chi connectivity index (χ2v) is 6.93. The number of rotatable bonds is 13. The van der Waals surface area contributed by atoms with Crippen molar-refractivity contribution in [1.29, 1.82) is 0 Å². The first-order valence-electron chi connectivity index (χ1n) is 9.58. The Balaban J connectivity index is 1.82. The Morgan fingerprint density at radius 1 is 0.963 bits per heavy atom. The Morgan fingerprint density at radius 2 is 1.56 bits per heavy atom. The van der Waals surface area contributed by atoms with Crippen molar-refractivity contribution >= 4 is 6.29 Å². The number of hydrogen-bond acceptors (Lipinski definition) is 4. The summed E-state index contributed by atoms with van der Waals surface area (Å²) in [7, 11) is 0. The van der Waals surface area contributed by atoms with E-state index in [2.05, 4.69) is 0 Å². The van der Waals surface area contributed by atoms with Gasteiger partial charge in [0.25, 0.3) is 0 Å². The molecule has 0 radical (unpaired) electrons. The molecule has 0 heterocycles. The zero-order valence-corrected chi connectivity index (χ0v) is 16.0. The minimum absolute atomic E-state index is 0.0736. The second kappa shape index (κ2) is 12.4. The molecule has 0 saturated heterocycles. The van der Waals surface area contributed by atoms with Crippen LogP contribution in [-0.4, -0.2) is 30.2 Å². The topological polar surface area (TPSA) is 55.8 Å². The Kier molecular flexibility index (Phi) is 9.77. The lowest BCUT2D eigenvalue weighted by atomic mass is 9.95. The molecule has 4 nitrogen and oxygen atoms in total. The van der Waals surface area contributed by atoms with E-state index < -0.39 is 6.10 Å². The van der Waals surface area contributed by atoms with Crippen LogP contribution in [0.25, 0.3) is 0 Å². The number of carbonyl (C=O) groups excluding carboxylic acids is 1. The van der Waals surface area contributed by atoms with Gasteiger partial charge < -0.3 is 19.4 Å². The molecule has 0 saturated carbocycles. The van der Waals surface area contributed by atoms with Crippen molar-refractivity contribution in [2.75, 3.05) is 6.61 Å². The number of aliphatic hydroxyl groups is 1. The van der Waals surface area contributed by atoms with Crippen LogP contribution in [0.1, 0.15) is 37.3 Å². The summed E-state index contributed by atoms with van der Waals surface area (Å²) in [6.45, 7) is 3.51. The molecule has 0 aromatic heterocycles. The van der Waals surface area contributed by atoms with Crippen molar-refractivity contribution in [1.82, 2.24) is 0 Å². The molecule has 4 heteroatoms. The molecule has 2 aromatic carbocycles. The van der Waals surface area contributed by atoms with E-state index in [4.69, 9.17) is 9.47 Å². The van der Waals surface area contributed by atoms with Crippen molar-refractivity contribution in [2.24, 2.45) is 5.92 Å². The normalized spacial score (nSPS) is 14.4. The summed E-state index contributed by atoms with van der Waals surface area (Å²) in [5, 5.41) is 10.4. The maximum Gasteiger partial charge on any atom is 0.120 e. The third kappa shape index (κ3) is 8.48. The first kappa shape index (κ1) is 21.3. The molecule has 0 unspecified atom stereocenters. The minimum atomic E-state index is -0.565. The van der Waals surface area contributed by atoms with Crippen LogP contribution in [0.4, 0.5) is 0 Å². The smallest absolute Gasteiger partial charge is 0.120 e. The summed E-state index contributed by atoms with van der Waals surface area (Å²) in [5.41, 5.74) is 2.24. The van der Waals surface area contributed by atoms with Crippen LogP contribution in [0.3, 0.4) is 0 Å². The monoisotopic (exact) mass is 370 g/mol. The number of benzene rings is 2. The number of carbonyl (C=O) groups is 1.